The molecule has 4 rings (SSSR count). The lowest BCUT2D eigenvalue weighted by Crippen LogP contribution is -2.41. The Balaban J connectivity index is 1.97. The van der Waals surface area contributed by atoms with Crippen LogP contribution in [0.2, 0.25) is 0 Å². The zero-order valence-electron chi connectivity index (χ0n) is 19.3. The SMILES string of the molecule is COc1ccc([C@H]2c3cc(OC)c(OC)cc3CC(=O)N2c2cccc(C(=O)O)c2)cc1OC. The highest BCUT2D eigenvalue weighted by molar-refractivity contribution is 6.00. The third kappa shape index (κ3) is 3.98. The van der Waals surface area contributed by atoms with Gasteiger partial charge in [-0.25, -0.2) is 4.79 Å². The minimum atomic E-state index is -1.07. The second-order valence-corrected chi connectivity index (χ2v) is 7.72. The Labute approximate surface area is 197 Å². The molecule has 1 heterocycles. The van der Waals surface area contributed by atoms with E-state index in [0.29, 0.717) is 28.7 Å². The van der Waals surface area contributed by atoms with E-state index in [9.17, 15) is 14.7 Å². The highest BCUT2D eigenvalue weighted by Crippen LogP contribution is 2.44. The van der Waals surface area contributed by atoms with E-state index in [1.807, 2.05) is 24.3 Å². The molecule has 1 N–H and O–H groups in total. The second kappa shape index (κ2) is 9.35. The predicted octanol–water partition coefficient (Wildman–Crippen LogP) is 4.10. The summed E-state index contributed by atoms with van der Waals surface area (Å²) in [5.41, 5.74) is 2.97. The normalized spacial score (nSPS) is 14.9. The number of carboxylic acid groups (broad SMARTS) is 1. The number of aromatic carboxylic acids is 1. The van der Waals surface area contributed by atoms with E-state index in [-0.39, 0.29) is 17.9 Å². The Morgan fingerprint density at radius 1 is 0.853 bits per heavy atom. The van der Waals surface area contributed by atoms with Gasteiger partial charge in [0.1, 0.15) is 0 Å². The van der Waals surface area contributed by atoms with Gasteiger partial charge in [-0.2, -0.15) is 0 Å². The monoisotopic (exact) mass is 463 g/mol. The van der Waals surface area contributed by atoms with Crippen LogP contribution in [0.3, 0.4) is 0 Å². The summed E-state index contributed by atoms with van der Waals surface area (Å²) in [5.74, 6) is 0.879. The van der Waals surface area contributed by atoms with E-state index in [2.05, 4.69) is 0 Å². The fourth-order valence-electron chi connectivity index (χ4n) is 4.31. The largest absolute Gasteiger partial charge is 0.493 e. The number of hydrogen-bond donors (Lipinski definition) is 1. The van der Waals surface area contributed by atoms with Gasteiger partial charge in [-0.15, -0.1) is 0 Å². The third-order valence-corrected chi connectivity index (χ3v) is 5.90. The van der Waals surface area contributed by atoms with E-state index in [1.165, 1.54) is 12.1 Å². The van der Waals surface area contributed by atoms with Crippen LogP contribution in [0.5, 0.6) is 23.0 Å². The number of methoxy groups -OCH3 is 4. The lowest BCUT2D eigenvalue weighted by Gasteiger charge is -2.38. The summed E-state index contributed by atoms with van der Waals surface area (Å²) in [5, 5.41) is 9.50. The van der Waals surface area contributed by atoms with Crippen LogP contribution in [0.4, 0.5) is 5.69 Å². The van der Waals surface area contributed by atoms with Crippen LogP contribution >= 0.6 is 0 Å². The van der Waals surface area contributed by atoms with E-state index in [4.69, 9.17) is 18.9 Å². The number of anilines is 1. The second-order valence-electron chi connectivity index (χ2n) is 7.72. The predicted molar refractivity (Wildman–Crippen MR) is 126 cm³/mol. The molecular weight excluding hydrogens is 438 g/mol. The van der Waals surface area contributed by atoms with Gasteiger partial charge in [0, 0.05) is 5.69 Å². The fourth-order valence-corrected chi connectivity index (χ4v) is 4.31. The van der Waals surface area contributed by atoms with E-state index < -0.39 is 12.0 Å². The van der Waals surface area contributed by atoms with Gasteiger partial charge in [-0.1, -0.05) is 12.1 Å². The Hall–Kier alpha value is -4.20. The minimum Gasteiger partial charge on any atom is -0.493 e. The molecule has 1 amide bonds. The molecule has 0 fully saturated rings. The molecule has 0 radical (unpaired) electrons. The number of benzene rings is 3. The lowest BCUT2D eigenvalue weighted by atomic mass is 9.86. The van der Waals surface area contributed by atoms with Crippen molar-refractivity contribution < 1.29 is 33.6 Å². The first-order valence-corrected chi connectivity index (χ1v) is 10.5. The van der Waals surface area contributed by atoms with Gasteiger partial charge in [0.25, 0.3) is 0 Å². The van der Waals surface area contributed by atoms with Crippen molar-refractivity contribution in [3.05, 3.63) is 76.9 Å². The number of fused-ring (bicyclic) bond motifs is 1. The van der Waals surface area contributed by atoms with Crippen molar-refractivity contribution in [1.29, 1.82) is 0 Å². The molecule has 34 heavy (non-hydrogen) atoms. The first-order valence-electron chi connectivity index (χ1n) is 10.5. The molecule has 8 heteroatoms. The molecule has 0 saturated carbocycles. The van der Waals surface area contributed by atoms with Gasteiger partial charge in [-0.05, 0) is 59.2 Å². The van der Waals surface area contributed by atoms with Crippen molar-refractivity contribution in [1.82, 2.24) is 0 Å². The highest BCUT2D eigenvalue weighted by atomic mass is 16.5. The van der Waals surface area contributed by atoms with Crippen LogP contribution < -0.4 is 23.8 Å². The van der Waals surface area contributed by atoms with Crippen LogP contribution in [0, 0.1) is 0 Å². The molecule has 0 bridgehead atoms. The maximum Gasteiger partial charge on any atom is 0.335 e. The van der Waals surface area contributed by atoms with Crippen LogP contribution in [0.25, 0.3) is 0 Å². The number of rotatable bonds is 7. The molecule has 1 aliphatic heterocycles. The summed E-state index contributed by atoms with van der Waals surface area (Å²) in [7, 11) is 6.20. The number of nitrogens with zero attached hydrogens (tertiary/aromatic N) is 1. The molecule has 176 valence electrons. The number of ether oxygens (including phenoxy) is 4. The Bertz CT molecular complexity index is 1250. The molecule has 0 aromatic heterocycles. The van der Waals surface area contributed by atoms with Gasteiger partial charge >= 0.3 is 5.97 Å². The summed E-state index contributed by atoms with van der Waals surface area (Å²) in [6.45, 7) is 0. The molecule has 1 atom stereocenters. The van der Waals surface area contributed by atoms with Crippen LogP contribution in [0.1, 0.15) is 33.1 Å². The molecule has 3 aromatic rings. The topological polar surface area (TPSA) is 94.5 Å². The van der Waals surface area contributed by atoms with Gasteiger partial charge < -0.3 is 29.0 Å². The number of carbonyl (C=O) groups excluding carboxylic acids is 1. The maximum atomic E-state index is 13.5. The average Bonchev–Trinajstić information content (AvgIpc) is 2.86. The third-order valence-electron chi connectivity index (χ3n) is 5.90. The van der Waals surface area contributed by atoms with Crippen molar-refractivity contribution in [3.8, 4) is 23.0 Å². The van der Waals surface area contributed by atoms with Crippen LogP contribution in [0.15, 0.2) is 54.6 Å². The molecule has 0 saturated heterocycles. The maximum absolute atomic E-state index is 13.5. The summed E-state index contributed by atoms with van der Waals surface area (Å²) in [6, 6.07) is 14.9. The van der Waals surface area contributed by atoms with Crippen molar-refractivity contribution in [2.24, 2.45) is 0 Å². The Morgan fingerprint density at radius 3 is 2.15 bits per heavy atom. The average molecular weight is 463 g/mol. The summed E-state index contributed by atoms with van der Waals surface area (Å²) >= 11 is 0. The smallest absolute Gasteiger partial charge is 0.335 e. The molecule has 8 nitrogen and oxygen atoms in total. The molecule has 0 aliphatic carbocycles. The van der Waals surface area contributed by atoms with Crippen LogP contribution in [-0.4, -0.2) is 45.4 Å². The first kappa shape index (κ1) is 23.0. The zero-order chi connectivity index (χ0) is 24.4. The summed E-state index contributed by atoms with van der Waals surface area (Å²) < 4.78 is 21.9. The minimum absolute atomic E-state index is 0.0921. The molecule has 0 spiro atoms. The fraction of sp³-hybridized carbons (Fsp3) is 0.231. The standard InChI is InChI=1S/C26H25NO7/c1-31-20-9-8-15(11-21(20)32-2)25-19-14-23(34-4)22(33-3)12-17(19)13-24(28)27(25)18-7-5-6-16(10-18)26(29)30/h5-12,14,25H,13H2,1-4H3,(H,29,30)/t25-/m0/s1. The van der Waals surface area contributed by atoms with Crippen molar-refractivity contribution >= 4 is 17.6 Å². The van der Waals surface area contributed by atoms with Gasteiger partial charge in [0.2, 0.25) is 5.91 Å². The van der Waals surface area contributed by atoms with Gasteiger partial charge in [-0.3, -0.25) is 4.79 Å². The van der Waals surface area contributed by atoms with Crippen molar-refractivity contribution in [2.75, 3.05) is 33.3 Å². The number of hydrogen-bond acceptors (Lipinski definition) is 6. The van der Waals surface area contributed by atoms with E-state index in [0.717, 1.165) is 16.7 Å². The number of amides is 1. The Kier molecular flexibility index (Phi) is 6.32. The summed E-state index contributed by atoms with van der Waals surface area (Å²) in [6.07, 6.45) is 0.122. The quantitative estimate of drug-likeness (QED) is 0.564. The molecule has 1 aliphatic rings. The van der Waals surface area contributed by atoms with Crippen molar-refractivity contribution in [3.63, 3.8) is 0 Å². The van der Waals surface area contributed by atoms with Crippen LogP contribution in [-0.2, 0) is 11.2 Å². The molecule has 0 unspecified atom stereocenters. The molecule has 3 aromatic carbocycles. The number of carbonyl (C=O) groups is 2. The van der Waals surface area contributed by atoms with Crippen molar-refractivity contribution in [2.45, 2.75) is 12.5 Å². The van der Waals surface area contributed by atoms with Gasteiger partial charge in [0.05, 0.1) is 46.5 Å². The first-order chi connectivity index (χ1) is 16.4. The van der Waals surface area contributed by atoms with E-state index >= 15 is 0 Å². The number of carboxylic acids is 1. The van der Waals surface area contributed by atoms with E-state index in [1.54, 1.807) is 51.5 Å². The summed E-state index contributed by atoms with van der Waals surface area (Å²) in [4.78, 5) is 26.7. The Morgan fingerprint density at radius 2 is 1.50 bits per heavy atom. The van der Waals surface area contributed by atoms with Gasteiger partial charge in [0.15, 0.2) is 23.0 Å². The highest BCUT2D eigenvalue weighted by Gasteiger charge is 2.36. The zero-order valence-corrected chi connectivity index (χ0v) is 19.3. The molecular formula is C26H25NO7. The lowest BCUT2D eigenvalue weighted by molar-refractivity contribution is -0.118.